The maximum atomic E-state index is 13.5. The van der Waals surface area contributed by atoms with Gasteiger partial charge in [-0.2, -0.15) is 5.26 Å². The second kappa shape index (κ2) is 5.10. The Hall–Kier alpha value is -3.79. The zero-order valence-electron chi connectivity index (χ0n) is 13.7. The first-order valence-corrected chi connectivity index (χ1v) is 7.79. The van der Waals surface area contributed by atoms with Crippen LogP contribution in [0.15, 0.2) is 53.9 Å². The standard InChI is InChI=1S/C19H13N3O4/c1-10(23)22-15-5-3-2-4-12(15)19(18(22)25)13-7-6-11(24)8-16(13)26-17(21)14(19)9-20/h2-8,24H,21H2,1H3/t19-/m0/s1. The third-order valence-corrected chi connectivity index (χ3v) is 4.71. The van der Waals surface area contributed by atoms with E-state index < -0.39 is 17.2 Å². The van der Waals surface area contributed by atoms with Crippen molar-refractivity contribution >= 4 is 17.5 Å². The summed E-state index contributed by atoms with van der Waals surface area (Å²) >= 11 is 0. The van der Waals surface area contributed by atoms with Crippen LogP contribution in [0.25, 0.3) is 0 Å². The van der Waals surface area contributed by atoms with Gasteiger partial charge in [0.25, 0.3) is 5.91 Å². The largest absolute Gasteiger partial charge is 0.508 e. The number of ether oxygens (including phenoxy) is 1. The van der Waals surface area contributed by atoms with Gasteiger partial charge < -0.3 is 15.6 Å². The molecular formula is C19H13N3O4. The molecule has 2 aromatic carbocycles. The molecule has 0 fully saturated rings. The molecular weight excluding hydrogens is 334 g/mol. The van der Waals surface area contributed by atoms with E-state index in [1.165, 1.54) is 25.1 Å². The van der Waals surface area contributed by atoms with Crippen LogP contribution in [0.5, 0.6) is 11.5 Å². The summed E-state index contributed by atoms with van der Waals surface area (Å²) in [4.78, 5) is 26.7. The number of nitriles is 1. The number of phenols is 1. The predicted molar refractivity (Wildman–Crippen MR) is 91.0 cm³/mol. The highest BCUT2D eigenvalue weighted by molar-refractivity contribution is 6.25. The van der Waals surface area contributed by atoms with Gasteiger partial charge in [-0.15, -0.1) is 0 Å². The van der Waals surface area contributed by atoms with Gasteiger partial charge in [0.2, 0.25) is 11.8 Å². The number of benzene rings is 2. The van der Waals surface area contributed by atoms with Gasteiger partial charge in [0.15, 0.2) is 0 Å². The molecule has 26 heavy (non-hydrogen) atoms. The van der Waals surface area contributed by atoms with E-state index in [9.17, 15) is 20.0 Å². The summed E-state index contributed by atoms with van der Waals surface area (Å²) in [6.45, 7) is 1.28. The number of nitrogens with two attached hydrogens (primary N) is 1. The maximum Gasteiger partial charge on any atom is 0.254 e. The summed E-state index contributed by atoms with van der Waals surface area (Å²) in [6, 6.07) is 13.0. The van der Waals surface area contributed by atoms with E-state index in [0.717, 1.165) is 4.90 Å². The number of amides is 2. The number of imide groups is 1. The maximum absolute atomic E-state index is 13.5. The molecule has 0 bridgehead atoms. The van der Waals surface area contributed by atoms with Gasteiger partial charge in [0.05, 0.1) is 5.69 Å². The van der Waals surface area contributed by atoms with Gasteiger partial charge in [-0.1, -0.05) is 18.2 Å². The van der Waals surface area contributed by atoms with E-state index >= 15 is 0 Å². The van der Waals surface area contributed by atoms with Gasteiger partial charge >= 0.3 is 0 Å². The summed E-state index contributed by atoms with van der Waals surface area (Å²) in [7, 11) is 0. The lowest BCUT2D eigenvalue weighted by Crippen LogP contribution is -2.47. The number of rotatable bonds is 0. The third kappa shape index (κ3) is 1.70. The van der Waals surface area contributed by atoms with Gasteiger partial charge in [-0.05, 0) is 18.2 Å². The van der Waals surface area contributed by atoms with E-state index in [1.54, 1.807) is 24.3 Å². The van der Waals surface area contributed by atoms with Crippen molar-refractivity contribution in [2.75, 3.05) is 4.90 Å². The fraction of sp³-hybridized carbons (Fsp3) is 0.105. The molecule has 0 unspecified atom stereocenters. The van der Waals surface area contributed by atoms with Crippen molar-refractivity contribution < 1.29 is 19.4 Å². The van der Waals surface area contributed by atoms with Crippen LogP contribution in [0, 0.1) is 11.3 Å². The second-order valence-electron chi connectivity index (χ2n) is 6.06. The number of fused-ring (bicyclic) bond motifs is 4. The average molecular weight is 347 g/mol. The normalized spacial score (nSPS) is 20.5. The number of hydrogen-bond acceptors (Lipinski definition) is 6. The molecule has 1 spiro atoms. The number of aromatic hydroxyl groups is 1. The first-order chi connectivity index (χ1) is 12.4. The van der Waals surface area contributed by atoms with Crippen LogP contribution in [-0.4, -0.2) is 16.9 Å². The number of carbonyl (C=O) groups excluding carboxylic acids is 2. The van der Waals surface area contributed by atoms with Gasteiger partial charge in [-0.3, -0.25) is 9.59 Å². The van der Waals surface area contributed by atoms with Crippen LogP contribution in [0.1, 0.15) is 18.1 Å². The van der Waals surface area contributed by atoms with E-state index in [4.69, 9.17) is 10.5 Å². The zero-order valence-corrected chi connectivity index (χ0v) is 13.7. The average Bonchev–Trinajstić information content (AvgIpc) is 2.85. The predicted octanol–water partition coefficient (Wildman–Crippen LogP) is 1.66. The molecule has 2 heterocycles. The Kier molecular flexibility index (Phi) is 3.08. The number of para-hydroxylation sites is 1. The number of nitrogens with zero attached hydrogens (tertiary/aromatic N) is 2. The number of carbonyl (C=O) groups is 2. The van der Waals surface area contributed by atoms with Crippen LogP contribution in [0.3, 0.4) is 0 Å². The Morgan fingerprint density at radius 3 is 2.69 bits per heavy atom. The number of phenolic OH excluding ortho intramolecular Hbond substituents is 1. The van der Waals surface area contributed by atoms with Gasteiger partial charge in [0, 0.05) is 24.1 Å². The molecule has 4 rings (SSSR count). The lowest BCUT2D eigenvalue weighted by molar-refractivity contribution is -0.126. The molecule has 0 saturated carbocycles. The minimum Gasteiger partial charge on any atom is -0.508 e. The molecule has 7 nitrogen and oxygen atoms in total. The summed E-state index contributed by atoms with van der Waals surface area (Å²) < 4.78 is 5.48. The highest BCUT2D eigenvalue weighted by Gasteiger charge is 2.59. The fourth-order valence-corrected chi connectivity index (χ4v) is 3.73. The van der Waals surface area contributed by atoms with Crippen molar-refractivity contribution in [3.8, 4) is 17.6 Å². The van der Waals surface area contributed by atoms with Crippen LogP contribution in [0.2, 0.25) is 0 Å². The topological polar surface area (TPSA) is 117 Å². The lowest BCUT2D eigenvalue weighted by Gasteiger charge is -2.34. The highest BCUT2D eigenvalue weighted by atomic mass is 16.5. The summed E-state index contributed by atoms with van der Waals surface area (Å²) in [5.41, 5.74) is 5.48. The fourth-order valence-electron chi connectivity index (χ4n) is 3.73. The summed E-state index contributed by atoms with van der Waals surface area (Å²) in [5.74, 6) is -1.22. The second-order valence-corrected chi connectivity index (χ2v) is 6.06. The Labute approximate surface area is 148 Å². The molecule has 3 N–H and O–H groups in total. The van der Waals surface area contributed by atoms with Crippen LogP contribution in [0.4, 0.5) is 5.69 Å². The van der Waals surface area contributed by atoms with E-state index in [0.29, 0.717) is 16.8 Å². The van der Waals surface area contributed by atoms with Gasteiger partial charge in [-0.25, -0.2) is 4.90 Å². The molecule has 2 aliphatic rings. The summed E-state index contributed by atoms with van der Waals surface area (Å²) in [5, 5.41) is 19.5. The van der Waals surface area contributed by atoms with Crippen LogP contribution in [-0.2, 0) is 15.0 Å². The highest BCUT2D eigenvalue weighted by Crippen LogP contribution is 2.55. The monoisotopic (exact) mass is 347 g/mol. The molecule has 0 radical (unpaired) electrons. The van der Waals surface area contributed by atoms with Crippen molar-refractivity contribution in [3.63, 3.8) is 0 Å². The van der Waals surface area contributed by atoms with Gasteiger partial charge in [0.1, 0.15) is 28.6 Å². The number of hydrogen-bond donors (Lipinski definition) is 2. The first kappa shape index (κ1) is 15.7. The van der Waals surface area contributed by atoms with E-state index in [-0.39, 0.29) is 23.0 Å². The Bertz CT molecular complexity index is 1070. The van der Waals surface area contributed by atoms with Crippen LogP contribution < -0.4 is 15.4 Å². The molecule has 2 aromatic rings. The molecule has 0 saturated heterocycles. The molecule has 7 heteroatoms. The van der Waals surface area contributed by atoms with Crippen molar-refractivity contribution in [2.24, 2.45) is 5.73 Å². The van der Waals surface area contributed by atoms with Crippen molar-refractivity contribution in [1.82, 2.24) is 0 Å². The quantitative estimate of drug-likeness (QED) is 0.748. The molecule has 0 aromatic heterocycles. The Morgan fingerprint density at radius 2 is 2.00 bits per heavy atom. The molecule has 2 aliphatic heterocycles. The van der Waals surface area contributed by atoms with Crippen molar-refractivity contribution in [1.29, 1.82) is 5.26 Å². The minimum atomic E-state index is -1.59. The minimum absolute atomic E-state index is 0.0748. The molecule has 2 amide bonds. The summed E-state index contributed by atoms with van der Waals surface area (Å²) in [6.07, 6.45) is 0. The smallest absolute Gasteiger partial charge is 0.254 e. The Balaban J connectivity index is 2.17. The molecule has 128 valence electrons. The van der Waals surface area contributed by atoms with E-state index in [1.807, 2.05) is 6.07 Å². The first-order valence-electron chi connectivity index (χ1n) is 7.79. The zero-order chi connectivity index (χ0) is 18.6. The third-order valence-electron chi connectivity index (χ3n) is 4.71. The lowest BCUT2D eigenvalue weighted by atomic mass is 9.69. The van der Waals surface area contributed by atoms with Crippen LogP contribution >= 0.6 is 0 Å². The number of anilines is 1. The van der Waals surface area contributed by atoms with E-state index in [2.05, 4.69) is 0 Å². The Morgan fingerprint density at radius 1 is 1.27 bits per heavy atom. The SMILES string of the molecule is CC(=O)N1C(=O)[C@@]2(C(C#N)=C(N)Oc3cc(O)ccc32)c2ccccc21. The van der Waals surface area contributed by atoms with Crippen molar-refractivity contribution in [3.05, 3.63) is 65.0 Å². The van der Waals surface area contributed by atoms with Crippen molar-refractivity contribution in [2.45, 2.75) is 12.3 Å². The molecule has 1 atom stereocenters. The molecule has 0 aliphatic carbocycles.